The maximum atomic E-state index is 11.8. The number of carbonyl (C=O) groups is 3. The highest BCUT2D eigenvalue weighted by atomic mass is 16.7. The fourth-order valence-corrected chi connectivity index (χ4v) is 1.53. The SMILES string of the molecule is C[C@H](OC(=O)c1ccc2c(c1)OCO2)C(=O)NC(N)=O. The minimum absolute atomic E-state index is 0.0885. The van der Waals surface area contributed by atoms with E-state index in [4.69, 9.17) is 19.9 Å². The van der Waals surface area contributed by atoms with E-state index in [9.17, 15) is 14.4 Å². The lowest BCUT2D eigenvalue weighted by atomic mass is 10.2. The van der Waals surface area contributed by atoms with Gasteiger partial charge in [-0.3, -0.25) is 10.1 Å². The van der Waals surface area contributed by atoms with Gasteiger partial charge >= 0.3 is 12.0 Å². The lowest BCUT2D eigenvalue weighted by Gasteiger charge is -2.12. The number of benzene rings is 1. The fourth-order valence-electron chi connectivity index (χ4n) is 1.53. The molecule has 8 nitrogen and oxygen atoms in total. The molecule has 1 aliphatic heterocycles. The molecule has 0 bridgehead atoms. The topological polar surface area (TPSA) is 117 Å². The highest BCUT2D eigenvalue weighted by Crippen LogP contribution is 2.32. The lowest BCUT2D eigenvalue weighted by Crippen LogP contribution is -2.42. The highest BCUT2D eigenvalue weighted by Gasteiger charge is 2.22. The van der Waals surface area contributed by atoms with Crippen molar-refractivity contribution in [2.45, 2.75) is 13.0 Å². The number of hydrogen-bond donors (Lipinski definition) is 2. The molecule has 1 heterocycles. The first kappa shape index (κ1) is 13.7. The Morgan fingerprint density at radius 1 is 1.30 bits per heavy atom. The number of fused-ring (bicyclic) bond motifs is 1. The molecule has 0 fully saturated rings. The van der Waals surface area contributed by atoms with Gasteiger partial charge in [0.2, 0.25) is 6.79 Å². The summed E-state index contributed by atoms with van der Waals surface area (Å²) in [6.07, 6.45) is -1.15. The molecule has 0 saturated heterocycles. The van der Waals surface area contributed by atoms with E-state index in [1.165, 1.54) is 19.1 Å². The van der Waals surface area contributed by atoms with Crippen LogP contribution in [0.5, 0.6) is 11.5 Å². The fraction of sp³-hybridized carbons (Fsp3) is 0.250. The predicted octanol–water partition coefficient (Wildman–Crippen LogP) is 0.156. The molecule has 0 aromatic heterocycles. The van der Waals surface area contributed by atoms with Crippen LogP contribution in [0.4, 0.5) is 4.79 Å². The normalized spacial score (nSPS) is 13.4. The van der Waals surface area contributed by atoms with Crippen molar-refractivity contribution >= 4 is 17.9 Å². The molecule has 2 rings (SSSR count). The van der Waals surface area contributed by atoms with Gasteiger partial charge in [-0.1, -0.05) is 0 Å². The van der Waals surface area contributed by atoms with Crippen molar-refractivity contribution < 1.29 is 28.6 Å². The molecule has 1 aromatic carbocycles. The molecule has 0 saturated carbocycles. The summed E-state index contributed by atoms with van der Waals surface area (Å²) in [5.41, 5.74) is 4.99. The summed E-state index contributed by atoms with van der Waals surface area (Å²) in [5, 5.41) is 1.82. The van der Waals surface area contributed by atoms with Crippen LogP contribution in [0.15, 0.2) is 18.2 Å². The van der Waals surface area contributed by atoms with Crippen molar-refractivity contribution in [1.82, 2.24) is 5.32 Å². The van der Waals surface area contributed by atoms with Crippen molar-refractivity contribution in [2.24, 2.45) is 5.73 Å². The largest absolute Gasteiger partial charge is 0.454 e. The lowest BCUT2D eigenvalue weighted by molar-refractivity contribution is -0.127. The average molecular weight is 280 g/mol. The monoisotopic (exact) mass is 280 g/mol. The first-order valence-electron chi connectivity index (χ1n) is 5.68. The summed E-state index contributed by atoms with van der Waals surface area (Å²) in [7, 11) is 0. The number of hydrogen-bond acceptors (Lipinski definition) is 6. The Hall–Kier alpha value is -2.77. The maximum absolute atomic E-state index is 11.8. The van der Waals surface area contributed by atoms with Gasteiger partial charge in [-0.2, -0.15) is 0 Å². The van der Waals surface area contributed by atoms with Crippen molar-refractivity contribution in [2.75, 3.05) is 6.79 Å². The number of nitrogens with one attached hydrogen (secondary N) is 1. The Kier molecular flexibility index (Phi) is 3.74. The summed E-state index contributed by atoms with van der Waals surface area (Å²) in [6.45, 7) is 1.41. The van der Waals surface area contributed by atoms with Crippen molar-refractivity contribution in [3.63, 3.8) is 0 Å². The predicted molar refractivity (Wildman–Crippen MR) is 65.2 cm³/mol. The Labute approximate surface area is 113 Å². The van der Waals surface area contributed by atoms with E-state index in [1.54, 1.807) is 6.07 Å². The molecule has 106 valence electrons. The number of primary amides is 1. The van der Waals surface area contributed by atoms with Crippen LogP contribution in [0.3, 0.4) is 0 Å². The number of ether oxygens (including phenoxy) is 3. The second-order valence-corrected chi connectivity index (χ2v) is 3.97. The second kappa shape index (κ2) is 5.47. The summed E-state index contributed by atoms with van der Waals surface area (Å²) in [4.78, 5) is 33.7. The van der Waals surface area contributed by atoms with Crippen LogP contribution in [-0.4, -0.2) is 30.8 Å². The molecule has 20 heavy (non-hydrogen) atoms. The molecule has 0 unspecified atom stereocenters. The zero-order valence-corrected chi connectivity index (χ0v) is 10.5. The van der Waals surface area contributed by atoms with Gasteiger partial charge in [0.15, 0.2) is 17.6 Å². The number of urea groups is 1. The van der Waals surface area contributed by atoms with E-state index in [0.717, 1.165) is 0 Å². The third-order valence-corrected chi connectivity index (χ3v) is 2.51. The van der Waals surface area contributed by atoms with Gasteiger partial charge in [-0.15, -0.1) is 0 Å². The molecule has 0 radical (unpaired) electrons. The minimum Gasteiger partial charge on any atom is -0.454 e. The summed E-state index contributed by atoms with van der Waals surface area (Å²) in [6, 6.07) is 3.48. The van der Waals surface area contributed by atoms with Gasteiger partial charge in [0.05, 0.1) is 5.56 Å². The van der Waals surface area contributed by atoms with Crippen LogP contribution in [-0.2, 0) is 9.53 Å². The number of amides is 3. The van der Waals surface area contributed by atoms with E-state index in [-0.39, 0.29) is 12.4 Å². The van der Waals surface area contributed by atoms with Gasteiger partial charge < -0.3 is 19.9 Å². The second-order valence-electron chi connectivity index (χ2n) is 3.97. The number of carbonyl (C=O) groups excluding carboxylic acids is 3. The van der Waals surface area contributed by atoms with Crippen LogP contribution < -0.4 is 20.5 Å². The Balaban J connectivity index is 2.01. The number of rotatable bonds is 3. The maximum Gasteiger partial charge on any atom is 0.339 e. The van der Waals surface area contributed by atoms with E-state index in [2.05, 4.69) is 0 Å². The summed E-state index contributed by atoms with van der Waals surface area (Å²) >= 11 is 0. The van der Waals surface area contributed by atoms with E-state index >= 15 is 0 Å². The van der Waals surface area contributed by atoms with Crippen molar-refractivity contribution in [3.05, 3.63) is 23.8 Å². The number of nitrogens with two attached hydrogens (primary N) is 1. The molecule has 0 aliphatic carbocycles. The van der Waals surface area contributed by atoms with E-state index in [1.807, 2.05) is 5.32 Å². The smallest absolute Gasteiger partial charge is 0.339 e. The molecule has 1 atom stereocenters. The Bertz CT molecular complexity index is 571. The zero-order valence-electron chi connectivity index (χ0n) is 10.5. The van der Waals surface area contributed by atoms with Crippen molar-refractivity contribution in [3.8, 4) is 11.5 Å². The summed E-state index contributed by atoms with van der Waals surface area (Å²) in [5.74, 6) is -0.572. The van der Waals surface area contributed by atoms with Crippen molar-refractivity contribution in [1.29, 1.82) is 0 Å². The first-order valence-corrected chi connectivity index (χ1v) is 5.68. The minimum atomic E-state index is -1.15. The zero-order chi connectivity index (χ0) is 14.7. The van der Waals surface area contributed by atoms with Gasteiger partial charge in [0, 0.05) is 0 Å². The molecule has 1 aromatic rings. The van der Waals surface area contributed by atoms with Gasteiger partial charge in [0.1, 0.15) is 0 Å². The van der Waals surface area contributed by atoms with Crippen LogP contribution in [0.25, 0.3) is 0 Å². The quantitative estimate of drug-likeness (QED) is 0.761. The third kappa shape index (κ3) is 2.97. The van der Waals surface area contributed by atoms with E-state index in [0.29, 0.717) is 11.5 Å². The number of esters is 1. The van der Waals surface area contributed by atoms with E-state index < -0.39 is 24.0 Å². The average Bonchev–Trinajstić information content (AvgIpc) is 2.84. The summed E-state index contributed by atoms with van der Waals surface area (Å²) < 4.78 is 15.1. The van der Waals surface area contributed by atoms with Gasteiger partial charge in [-0.25, -0.2) is 9.59 Å². The van der Waals surface area contributed by atoms with Gasteiger partial charge in [0.25, 0.3) is 5.91 Å². The Morgan fingerprint density at radius 2 is 2.00 bits per heavy atom. The molecule has 1 aliphatic rings. The molecule has 8 heteroatoms. The molecule has 3 N–H and O–H groups in total. The van der Waals surface area contributed by atoms with Crippen LogP contribution in [0.2, 0.25) is 0 Å². The molecular formula is C12H12N2O6. The third-order valence-electron chi connectivity index (χ3n) is 2.51. The molecule has 0 spiro atoms. The highest BCUT2D eigenvalue weighted by molar-refractivity contribution is 5.98. The van der Waals surface area contributed by atoms with Crippen LogP contribution >= 0.6 is 0 Å². The standard InChI is InChI=1S/C12H12N2O6/c1-6(10(15)14-12(13)17)20-11(16)7-2-3-8-9(4-7)19-5-18-8/h2-4,6H,5H2,1H3,(H3,13,14,15,17)/t6-/m0/s1. The van der Waals surface area contributed by atoms with Crippen LogP contribution in [0, 0.1) is 0 Å². The number of imide groups is 1. The Morgan fingerprint density at radius 3 is 2.70 bits per heavy atom. The van der Waals surface area contributed by atoms with Crippen LogP contribution in [0.1, 0.15) is 17.3 Å². The first-order chi connectivity index (χ1) is 9.47. The molecular weight excluding hydrogens is 268 g/mol. The van der Waals surface area contributed by atoms with Gasteiger partial charge in [-0.05, 0) is 25.1 Å². The molecule has 3 amide bonds.